The fourth-order valence-corrected chi connectivity index (χ4v) is 1.34. The molecule has 13 heavy (non-hydrogen) atoms. The number of hydrogen-bond acceptors (Lipinski definition) is 2. The maximum Gasteiger partial charge on any atom is 0.0481 e. The van der Waals surface area contributed by atoms with Gasteiger partial charge in [0.1, 0.15) is 0 Å². The predicted octanol–water partition coefficient (Wildman–Crippen LogP) is 1.69. The van der Waals surface area contributed by atoms with Crippen LogP contribution in [0, 0.1) is 0 Å². The summed E-state index contributed by atoms with van der Waals surface area (Å²) in [5, 5.41) is 3.16. The third-order valence-corrected chi connectivity index (χ3v) is 2.08. The van der Waals surface area contributed by atoms with Crippen LogP contribution in [0.5, 0.6) is 0 Å². The van der Waals surface area contributed by atoms with Crippen LogP contribution in [0.1, 0.15) is 12.5 Å². The van der Waals surface area contributed by atoms with Crippen molar-refractivity contribution in [3.8, 4) is 0 Å². The summed E-state index contributed by atoms with van der Waals surface area (Å²) in [4.78, 5) is 2.36. The third-order valence-electron chi connectivity index (χ3n) is 2.08. The second kappa shape index (κ2) is 5.73. The van der Waals surface area contributed by atoms with E-state index in [0.717, 1.165) is 19.8 Å². The third kappa shape index (κ3) is 3.57. The molecule has 0 spiro atoms. The van der Waals surface area contributed by atoms with E-state index in [-0.39, 0.29) is 0 Å². The van der Waals surface area contributed by atoms with Crippen LogP contribution < -0.4 is 5.32 Å². The molecule has 0 aliphatic heterocycles. The van der Waals surface area contributed by atoms with Crippen LogP contribution in [0.2, 0.25) is 0 Å². The van der Waals surface area contributed by atoms with Gasteiger partial charge in [0.25, 0.3) is 0 Å². The minimum Gasteiger partial charge on any atom is -0.307 e. The first-order chi connectivity index (χ1) is 6.36. The van der Waals surface area contributed by atoms with Crippen LogP contribution in [-0.2, 0) is 6.54 Å². The van der Waals surface area contributed by atoms with Crippen molar-refractivity contribution in [3.63, 3.8) is 0 Å². The molecule has 0 aliphatic carbocycles. The Hall–Kier alpha value is -0.860. The summed E-state index contributed by atoms with van der Waals surface area (Å²) in [7, 11) is 1.98. The molecule has 0 atom stereocenters. The number of benzene rings is 1. The molecule has 72 valence electrons. The van der Waals surface area contributed by atoms with Gasteiger partial charge in [-0.2, -0.15) is 0 Å². The standard InChI is InChI=1S/C11H18N2/c1-3-13(10-12-2)9-11-7-5-4-6-8-11/h4-8,12H,3,9-10H2,1-2H3. The average Bonchev–Trinajstić information content (AvgIpc) is 2.19. The first kappa shape index (κ1) is 10.2. The van der Waals surface area contributed by atoms with Crippen LogP contribution in [0.25, 0.3) is 0 Å². The highest BCUT2D eigenvalue weighted by Crippen LogP contribution is 2.02. The molecule has 0 amide bonds. The van der Waals surface area contributed by atoms with E-state index in [1.165, 1.54) is 5.56 Å². The van der Waals surface area contributed by atoms with Crippen LogP contribution >= 0.6 is 0 Å². The number of hydrogen-bond donors (Lipinski definition) is 1. The van der Waals surface area contributed by atoms with Crippen molar-refractivity contribution in [1.82, 2.24) is 10.2 Å². The molecule has 0 unspecified atom stereocenters. The molecule has 1 rings (SSSR count). The molecular weight excluding hydrogens is 160 g/mol. The molecule has 1 aromatic carbocycles. The Bertz CT molecular complexity index is 221. The summed E-state index contributed by atoms with van der Waals surface area (Å²) < 4.78 is 0. The van der Waals surface area contributed by atoms with E-state index in [4.69, 9.17) is 0 Å². The van der Waals surface area contributed by atoms with E-state index in [2.05, 4.69) is 47.5 Å². The van der Waals surface area contributed by atoms with Gasteiger partial charge in [0.15, 0.2) is 0 Å². The lowest BCUT2D eigenvalue weighted by Crippen LogP contribution is -2.31. The van der Waals surface area contributed by atoms with Gasteiger partial charge in [-0.25, -0.2) is 0 Å². The first-order valence-electron chi connectivity index (χ1n) is 4.77. The van der Waals surface area contributed by atoms with Crippen molar-refractivity contribution in [2.75, 3.05) is 20.3 Å². The van der Waals surface area contributed by atoms with Crippen LogP contribution in [-0.4, -0.2) is 25.2 Å². The average molecular weight is 178 g/mol. The van der Waals surface area contributed by atoms with Crippen molar-refractivity contribution in [2.24, 2.45) is 0 Å². The van der Waals surface area contributed by atoms with Gasteiger partial charge in [0.05, 0.1) is 0 Å². The molecule has 0 saturated carbocycles. The Balaban J connectivity index is 2.46. The minimum absolute atomic E-state index is 0.950. The largest absolute Gasteiger partial charge is 0.307 e. The van der Waals surface area contributed by atoms with Gasteiger partial charge in [-0.1, -0.05) is 37.3 Å². The quantitative estimate of drug-likeness (QED) is 0.690. The molecule has 0 aromatic heterocycles. The van der Waals surface area contributed by atoms with Gasteiger partial charge in [0, 0.05) is 13.2 Å². The van der Waals surface area contributed by atoms with Crippen LogP contribution in [0.15, 0.2) is 30.3 Å². The van der Waals surface area contributed by atoms with Gasteiger partial charge in [-0.15, -0.1) is 0 Å². The molecule has 0 fully saturated rings. The topological polar surface area (TPSA) is 15.3 Å². The monoisotopic (exact) mass is 178 g/mol. The molecule has 2 heteroatoms. The SMILES string of the molecule is CCN(CNC)Cc1ccccc1. The van der Waals surface area contributed by atoms with Gasteiger partial charge in [-0.3, -0.25) is 4.90 Å². The van der Waals surface area contributed by atoms with Crippen molar-refractivity contribution >= 4 is 0 Å². The second-order valence-corrected chi connectivity index (χ2v) is 3.14. The number of rotatable bonds is 5. The zero-order chi connectivity index (χ0) is 9.52. The maximum atomic E-state index is 3.16. The Labute approximate surface area is 80.6 Å². The highest BCUT2D eigenvalue weighted by molar-refractivity contribution is 5.14. The summed E-state index contributed by atoms with van der Waals surface area (Å²) in [5.41, 5.74) is 1.37. The van der Waals surface area contributed by atoms with E-state index in [1.807, 2.05) is 7.05 Å². The molecule has 1 N–H and O–H groups in total. The Kier molecular flexibility index (Phi) is 4.50. The Morgan fingerprint density at radius 2 is 1.92 bits per heavy atom. The smallest absolute Gasteiger partial charge is 0.0481 e. The zero-order valence-corrected chi connectivity index (χ0v) is 8.46. The molecular formula is C11H18N2. The highest BCUT2D eigenvalue weighted by atomic mass is 15.2. The summed E-state index contributed by atoms with van der Waals surface area (Å²) in [6.07, 6.45) is 0. The lowest BCUT2D eigenvalue weighted by atomic mass is 10.2. The molecule has 0 saturated heterocycles. The Morgan fingerprint density at radius 3 is 2.46 bits per heavy atom. The molecule has 0 heterocycles. The summed E-state index contributed by atoms with van der Waals surface area (Å²) >= 11 is 0. The Morgan fingerprint density at radius 1 is 1.23 bits per heavy atom. The predicted molar refractivity (Wildman–Crippen MR) is 56.5 cm³/mol. The van der Waals surface area contributed by atoms with Crippen molar-refractivity contribution < 1.29 is 0 Å². The van der Waals surface area contributed by atoms with Crippen molar-refractivity contribution in [1.29, 1.82) is 0 Å². The zero-order valence-electron chi connectivity index (χ0n) is 8.46. The first-order valence-corrected chi connectivity index (χ1v) is 4.77. The lowest BCUT2D eigenvalue weighted by molar-refractivity contribution is 0.265. The molecule has 1 aromatic rings. The fraction of sp³-hybridized carbons (Fsp3) is 0.455. The fourth-order valence-electron chi connectivity index (χ4n) is 1.34. The highest BCUT2D eigenvalue weighted by Gasteiger charge is 2.00. The summed E-state index contributed by atoms with van der Waals surface area (Å²) in [5.74, 6) is 0. The molecule has 0 aliphatic rings. The van der Waals surface area contributed by atoms with Crippen LogP contribution in [0.4, 0.5) is 0 Å². The van der Waals surface area contributed by atoms with Gasteiger partial charge >= 0.3 is 0 Å². The normalized spacial score (nSPS) is 10.7. The van der Waals surface area contributed by atoms with E-state index < -0.39 is 0 Å². The summed E-state index contributed by atoms with van der Waals surface area (Å²) in [6, 6.07) is 10.6. The van der Waals surface area contributed by atoms with E-state index in [9.17, 15) is 0 Å². The van der Waals surface area contributed by atoms with E-state index >= 15 is 0 Å². The lowest BCUT2D eigenvalue weighted by Gasteiger charge is -2.19. The van der Waals surface area contributed by atoms with Crippen LogP contribution in [0.3, 0.4) is 0 Å². The van der Waals surface area contributed by atoms with Gasteiger partial charge < -0.3 is 5.32 Å². The maximum absolute atomic E-state index is 3.16. The molecule has 2 nitrogen and oxygen atoms in total. The summed E-state index contributed by atoms with van der Waals surface area (Å²) in [6.45, 7) is 5.24. The van der Waals surface area contributed by atoms with E-state index in [0.29, 0.717) is 0 Å². The molecule has 0 bridgehead atoms. The van der Waals surface area contributed by atoms with Crippen molar-refractivity contribution in [3.05, 3.63) is 35.9 Å². The molecule has 0 radical (unpaired) electrons. The van der Waals surface area contributed by atoms with E-state index in [1.54, 1.807) is 0 Å². The minimum atomic E-state index is 0.950. The second-order valence-electron chi connectivity index (χ2n) is 3.14. The van der Waals surface area contributed by atoms with Gasteiger partial charge in [0.2, 0.25) is 0 Å². The number of nitrogens with one attached hydrogen (secondary N) is 1. The van der Waals surface area contributed by atoms with Crippen molar-refractivity contribution in [2.45, 2.75) is 13.5 Å². The number of nitrogens with zero attached hydrogens (tertiary/aromatic N) is 1. The van der Waals surface area contributed by atoms with Gasteiger partial charge in [-0.05, 0) is 19.2 Å².